The van der Waals surface area contributed by atoms with Crippen LogP contribution < -0.4 is 26.2 Å². The lowest BCUT2D eigenvalue weighted by Crippen LogP contribution is -2.51. The maximum absolute atomic E-state index is 13.2. The summed E-state index contributed by atoms with van der Waals surface area (Å²) in [5.74, 6) is 1.13. The number of hydrogen-bond acceptors (Lipinski definition) is 4. The molecule has 0 radical (unpaired) electrons. The first-order valence-corrected chi connectivity index (χ1v) is 9.44. The Hall–Kier alpha value is -3.39. The predicted molar refractivity (Wildman–Crippen MR) is 117 cm³/mol. The molecule has 1 aliphatic rings. The number of nitrogens with one attached hydrogen (secondary N) is 1. The largest absolute Gasteiger partial charge is 0.497 e. The van der Waals surface area contributed by atoms with Gasteiger partial charge < -0.3 is 15.0 Å². The second-order valence-electron chi connectivity index (χ2n) is 6.78. The van der Waals surface area contributed by atoms with Crippen molar-refractivity contribution in [2.75, 3.05) is 17.3 Å². The molecule has 2 heterocycles. The molecule has 0 saturated carbocycles. The first-order chi connectivity index (χ1) is 13.9. The van der Waals surface area contributed by atoms with E-state index in [4.69, 9.17) is 17.0 Å². The zero-order valence-electron chi connectivity index (χ0n) is 16.2. The first-order valence-electron chi connectivity index (χ1n) is 9.03. The monoisotopic (exact) mass is 408 g/mol. The van der Waals surface area contributed by atoms with Gasteiger partial charge in [-0.3, -0.25) is 13.9 Å². The second-order valence-corrected chi connectivity index (χ2v) is 7.17. The van der Waals surface area contributed by atoms with Crippen LogP contribution >= 0.6 is 12.2 Å². The molecule has 0 saturated heterocycles. The minimum atomic E-state index is -0.502. The van der Waals surface area contributed by atoms with Crippen molar-refractivity contribution in [3.8, 4) is 5.75 Å². The third-order valence-corrected chi connectivity index (χ3v) is 5.44. The molecule has 29 heavy (non-hydrogen) atoms. The van der Waals surface area contributed by atoms with Gasteiger partial charge in [0.15, 0.2) is 5.11 Å². The van der Waals surface area contributed by atoms with E-state index in [1.807, 2.05) is 59.5 Å². The van der Waals surface area contributed by atoms with Crippen LogP contribution in [0.5, 0.6) is 5.75 Å². The molecule has 4 rings (SSSR count). The second kappa shape index (κ2) is 7.21. The summed E-state index contributed by atoms with van der Waals surface area (Å²) in [6.07, 6.45) is 0. The van der Waals surface area contributed by atoms with Crippen molar-refractivity contribution >= 4 is 28.8 Å². The van der Waals surface area contributed by atoms with Gasteiger partial charge in [0, 0.05) is 19.8 Å². The number of rotatable bonds is 3. The molecule has 7 nitrogen and oxygen atoms in total. The van der Waals surface area contributed by atoms with Crippen molar-refractivity contribution in [1.29, 1.82) is 0 Å². The maximum Gasteiger partial charge on any atom is 0.332 e. The summed E-state index contributed by atoms with van der Waals surface area (Å²) in [6, 6.07) is 16.6. The van der Waals surface area contributed by atoms with Gasteiger partial charge in [0.05, 0.1) is 18.7 Å². The molecule has 1 aromatic heterocycles. The Morgan fingerprint density at radius 2 is 1.62 bits per heavy atom. The van der Waals surface area contributed by atoms with Gasteiger partial charge in [0.25, 0.3) is 5.56 Å². The van der Waals surface area contributed by atoms with Crippen molar-refractivity contribution in [2.45, 2.75) is 6.04 Å². The highest BCUT2D eigenvalue weighted by Gasteiger charge is 2.37. The average molecular weight is 408 g/mol. The van der Waals surface area contributed by atoms with Gasteiger partial charge in [-0.25, -0.2) is 4.79 Å². The highest BCUT2D eigenvalue weighted by Crippen LogP contribution is 2.38. The molecule has 1 atom stereocenters. The van der Waals surface area contributed by atoms with E-state index in [0.29, 0.717) is 22.2 Å². The van der Waals surface area contributed by atoms with E-state index in [0.717, 1.165) is 15.8 Å². The molecule has 8 heteroatoms. The van der Waals surface area contributed by atoms with Crippen LogP contribution in [0.4, 0.5) is 11.5 Å². The minimum Gasteiger partial charge on any atom is -0.497 e. The maximum atomic E-state index is 13.2. The Bertz CT molecular complexity index is 1200. The molecule has 0 spiro atoms. The number of thiocarbonyl (C=S) groups is 1. The van der Waals surface area contributed by atoms with E-state index in [-0.39, 0.29) is 5.56 Å². The van der Waals surface area contributed by atoms with E-state index in [2.05, 4.69) is 5.32 Å². The average Bonchev–Trinajstić information content (AvgIpc) is 2.76. The molecule has 1 aliphatic heterocycles. The van der Waals surface area contributed by atoms with E-state index < -0.39 is 11.7 Å². The molecule has 0 aliphatic carbocycles. The molecule has 3 aromatic rings. The summed E-state index contributed by atoms with van der Waals surface area (Å²) >= 11 is 5.66. The Labute approximate surface area is 172 Å². The van der Waals surface area contributed by atoms with Crippen LogP contribution in [0.25, 0.3) is 0 Å². The highest BCUT2D eigenvalue weighted by atomic mass is 32.1. The summed E-state index contributed by atoms with van der Waals surface area (Å²) in [5.41, 5.74) is 1.38. The summed E-state index contributed by atoms with van der Waals surface area (Å²) in [6.45, 7) is 0. The molecule has 2 aromatic carbocycles. The number of anilines is 2. The molecule has 148 valence electrons. The van der Waals surface area contributed by atoms with Crippen LogP contribution in [0.1, 0.15) is 17.2 Å². The highest BCUT2D eigenvalue weighted by molar-refractivity contribution is 7.80. The lowest BCUT2D eigenvalue weighted by molar-refractivity contribution is 0.414. The van der Waals surface area contributed by atoms with Crippen LogP contribution in [-0.2, 0) is 14.1 Å². The van der Waals surface area contributed by atoms with Crippen molar-refractivity contribution in [3.05, 3.63) is 86.6 Å². The van der Waals surface area contributed by atoms with E-state index in [1.54, 1.807) is 14.2 Å². The zero-order valence-corrected chi connectivity index (χ0v) is 17.1. The standard InChI is InChI=1S/C21H20N4O3S/c1-23-18-16(19(26)24(2)21(23)27)17(13-9-11-15(28-3)12-10-13)25(20(29)22-18)14-7-5-4-6-8-14/h4-12,17H,1-3H3,(H,22,29). The lowest BCUT2D eigenvalue weighted by atomic mass is 9.96. The Morgan fingerprint density at radius 3 is 2.24 bits per heavy atom. The van der Waals surface area contributed by atoms with E-state index in [1.165, 1.54) is 11.6 Å². The normalized spacial score (nSPS) is 15.6. The topological polar surface area (TPSA) is 68.5 Å². The van der Waals surface area contributed by atoms with Gasteiger partial charge >= 0.3 is 5.69 Å². The fourth-order valence-electron chi connectivity index (χ4n) is 3.63. The van der Waals surface area contributed by atoms with Gasteiger partial charge in [-0.1, -0.05) is 30.3 Å². The number of ether oxygens (including phenoxy) is 1. The van der Waals surface area contributed by atoms with Crippen molar-refractivity contribution in [2.24, 2.45) is 14.1 Å². The van der Waals surface area contributed by atoms with Crippen molar-refractivity contribution in [3.63, 3.8) is 0 Å². The third kappa shape index (κ3) is 3.01. The molecular weight excluding hydrogens is 388 g/mol. The number of hydrogen-bond donors (Lipinski definition) is 1. The number of aromatic nitrogens is 2. The molecule has 1 unspecified atom stereocenters. The minimum absolute atomic E-state index is 0.361. The SMILES string of the molecule is COc1ccc(C2c3c(n(C)c(=O)n(C)c3=O)NC(=S)N2c2ccccc2)cc1. The van der Waals surface area contributed by atoms with Gasteiger partial charge in [0.2, 0.25) is 0 Å². The summed E-state index contributed by atoms with van der Waals surface area (Å²) in [5, 5.41) is 3.50. The van der Waals surface area contributed by atoms with Gasteiger partial charge in [0.1, 0.15) is 11.6 Å². The predicted octanol–water partition coefficient (Wildman–Crippen LogP) is 2.40. The van der Waals surface area contributed by atoms with Crippen LogP contribution in [0.3, 0.4) is 0 Å². The number of benzene rings is 2. The number of fused-ring (bicyclic) bond motifs is 1. The Kier molecular flexibility index (Phi) is 4.71. The molecule has 0 fully saturated rings. The number of para-hydroxylation sites is 1. The molecule has 0 bridgehead atoms. The van der Waals surface area contributed by atoms with E-state index >= 15 is 0 Å². The molecule has 1 N–H and O–H groups in total. The zero-order chi connectivity index (χ0) is 20.7. The third-order valence-electron chi connectivity index (χ3n) is 5.14. The van der Waals surface area contributed by atoms with Crippen LogP contribution in [0.2, 0.25) is 0 Å². The summed E-state index contributed by atoms with van der Waals surface area (Å²) in [4.78, 5) is 27.5. The fourth-order valence-corrected chi connectivity index (χ4v) is 3.94. The van der Waals surface area contributed by atoms with Gasteiger partial charge in [-0.15, -0.1) is 0 Å². The number of nitrogens with zero attached hydrogens (tertiary/aromatic N) is 3. The van der Waals surface area contributed by atoms with Crippen LogP contribution in [0, 0.1) is 0 Å². The molecular formula is C21H20N4O3S. The lowest BCUT2D eigenvalue weighted by Gasteiger charge is -2.39. The first kappa shape index (κ1) is 18.9. The summed E-state index contributed by atoms with van der Waals surface area (Å²) < 4.78 is 7.81. The smallest absolute Gasteiger partial charge is 0.332 e. The fraction of sp³-hybridized carbons (Fsp3) is 0.190. The summed E-state index contributed by atoms with van der Waals surface area (Å²) in [7, 11) is 4.71. The van der Waals surface area contributed by atoms with Crippen LogP contribution in [0.15, 0.2) is 64.2 Å². The van der Waals surface area contributed by atoms with Gasteiger partial charge in [-0.05, 0) is 42.0 Å². The van der Waals surface area contributed by atoms with Crippen LogP contribution in [-0.4, -0.2) is 21.4 Å². The Balaban J connectivity index is 2.03. The van der Waals surface area contributed by atoms with Crippen molar-refractivity contribution in [1.82, 2.24) is 9.13 Å². The number of methoxy groups -OCH3 is 1. The van der Waals surface area contributed by atoms with Gasteiger partial charge in [-0.2, -0.15) is 0 Å². The molecule has 0 amide bonds. The van der Waals surface area contributed by atoms with Crippen molar-refractivity contribution < 1.29 is 4.74 Å². The Morgan fingerprint density at radius 1 is 0.966 bits per heavy atom. The van der Waals surface area contributed by atoms with E-state index in [9.17, 15) is 9.59 Å². The quantitative estimate of drug-likeness (QED) is 0.672.